The molecule has 0 radical (unpaired) electrons. The maximum atomic E-state index is 3.75. The summed E-state index contributed by atoms with van der Waals surface area (Å²) in [5, 5.41) is 0. The molecule has 0 fully saturated rings. The first-order chi connectivity index (χ1) is 6.79. The van der Waals surface area contributed by atoms with Gasteiger partial charge in [0.2, 0.25) is 0 Å². The number of allylic oxidation sites excluding steroid dienone is 3. The van der Waals surface area contributed by atoms with Gasteiger partial charge in [-0.2, -0.15) is 0 Å². The molecule has 0 heteroatoms. The Morgan fingerprint density at radius 1 is 1.36 bits per heavy atom. The Hall–Kier alpha value is -1.30. The molecule has 0 nitrogen and oxygen atoms in total. The number of hydrogen-bond donors (Lipinski definition) is 0. The third kappa shape index (κ3) is 2.59. The molecule has 0 bridgehead atoms. The largest absolute Gasteiger partial charge is 0.0991 e. The van der Waals surface area contributed by atoms with Gasteiger partial charge >= 0.3 is 0 Å². The number of hydrogen-bond acceptors (Lipinski definition) is 0. The Bertz CT molecular complexity index is 306. The predicted octanol–water partition coefficient (Wildman–Crippen LogP) is 4.31. The Labute approximate surface area is 87.0 Å². The van der Waals surface area contributed by atoms with Crippen LogP contribution in [0, 0.1) is 0 Å². The fraction of sp³-hybridized carbons (Fsp3) is 0.286. The minimum Gasteiger partial charge on any atom is -0.0991 e. The molecule has 0 spiro atoms. The molecule has 0 aliphatic heterocycles. The van der Waals surface area contributed by atoms with Crippen molar-refractivity contribution in [1.82, 2.24) is 0 Å². The van der Waals surface area contributed by atoms with Gasteiger partial charge in [0.1, 0.15) is 0 Å². The van der Waals surface area contributed by atoms with E-state index >= 15 is 0 Å². The van der Waals surface area contributed by atoms with Crippen molar-refractivity contribution in [3.05, 3.63) is 60.2 Å². The van der Waals surface area contributed by atoms with Crippen molar-refractivity contribution in [2.45, 2.75) is 26.2 Å². The Morgan fingerprint density at radius 2 is 2.00 bits per heavy atom. The highest BCUT2D eigenvalue weighted by Crippen LogP contribution is 2.25. The van der Waals surface area contributed by atoms with Gasteiger partial charge in [-0.15, -0.1) is 0 Å². The van der Waals surface area contributed by atoms with E-state index in [4.69, 9.17) is 0 Å². The summed E-state index contributed by atoms with van der Waals surface area (Å²) in [6.07, 6.45) is 5.08. The lowest BCUT2D eigenvalue weighted by Gasteiger charge is -2.14. The fourth-order valence-corrected chi connectivity index (χ4v) is 1.68. The summed E-state index contributed by atoms with van der Waals surface area (Å²) in [6, 6.07) is 10.6. The van der Waals surface area contributed by atoms with Crippen LogP contribution in [0.25, 0.3) is 0 Å². The Kier molecular flexibility index (Phi) is 4.18. The summed E-state index contributed by atoms with van der Waals surface area (Å²) in [4.78, 5) is 0. The predicted molar refractivity (Wildman–Crippen MR) is 63.4 cm³/mol. The molecular weight excluding hydrogens is 168 g/mol. The van der Waals surface area contributed by atoms with Crippen LogP contribution < -0.4 is 0 Å². The molecule has 1 atom stereocenters. The van der Waals surface area contributed by atoms with Gasteiger partial charge < -0.3 is 0 Å². The lowest BCUT2D eigenvalue weighted by atomic mass is 9.91. The number of benzene rings is 1. The van der Waals surface area contributed by atoms with E-state index in [1.54, 1.807) is 0 Å². The maximum Gasteiger partial charge on any atom is 0.00228 e. The molecule has 74 valence electrons. The summed E-state index contributed by atoms with van der Waals surface area (Å²) in [7, 11) is 0. The lowest BCUT2D eigenvalue weighted by molar-refractivity contribution is 0.838. The van der Waals surface area contributed by atoms with E-state index in [2.05, 4.69) is 56.8 Å². The van der Waals surface area contributed by atoms with Crippen molar-refractivity contribution in [3.63, 3.8) is 0 Å². The molecule has 0 aromatic heterocycles. The van der Waals surface area contributed by atoms with E-state index in [9.17, 15) is 0 Å². The first kappa shape index (κ1) is 10.8. The van der Waals surface area contributed by atoms with Crippen LogP contribution in [-0.2, 0) is 0 Å². The topological polar surface area (TPSA) is 0 Å². The highest BCUT2D eigenvalue weighted by atomic mass is 14.1. The van der Waals surface area contributed by atoms with Crippen molar-refractivity contribution < 1.29 is 0 Å². The highest BCUT2D eigenvalue weighted by molar-refractivity contribution is 5.29. The zero-order valence-electron chi connectivity index (χ0n) is 9.03. The van der Waals surface area contributed by atoms with Gasteiger partial charge in [0.05, 0.1) is 0 Å². The second-order valence-corrected chi connectivity index (χ2v) is 3.46. The minimum atomic E-state index is 0.499. The molecule has 14 heavy (non-hydrogen) atoms. The van der Waals surface area contributed by atoms with Crippen LogP contribution >= 0.6 is 0 Å². The van der Waals surface area contributed by atoms with Crippen LogP contribution in [0.5, 0.6) is 0 Å². The zero-order chi connectivity index (χ0) is 10.4. The molecule has 0 saturated carbocycles. The first-order valence-electron chi connectivity index (χ1n) is 5.16. The summed E-state index contributed by atoms with van der Waals surface area (Å²) < 4.78 is 0. The van der Waals surface area contributed by atoms with Crippen LogP contribution in [0.4, 0.5) is 0 Å². The van der Waals surface area contributed by atoms with Gasteiger partial charge in [-0.05, 0) is 12.0 Å². The Balaban J connectivity index is 2.89. The van der Waals surface area contributed by atoms with Crippen LogP contribution in [0.3, 0.4) is 0 Å². The van der Waals surface area contributed by atoms with Crippen molar-refractivity contribution in [2.75, 3.05) is 0 Å². The van der Waals surface area contributed by atoms with E-state index < -0.39 is 0 Å². The second-order valence-electron chi connectivity index (χ2n) is 3.46. The summed E-state index contributed by atoms with van der Waals surface area (Å²) >= 11 is 0. The SMILES string of the molecule is C=C/C=C(\CC)C(C)c1ccccc1. The molecule has 0 amide bonds. The van der Waals surface area contributed by atoms with Crippen LogP contribution in [0.2, 0.25) is 0 Å². The molecular formula is C14H18. The fourth-order valence-electron chi connectivity index (χ4n) is 1.68. The van der Waals surface area contributed by atoms with E-state index in [1.165, 1.54) is 11.1 Å². The molecule has 1 rings (SSSR count). The first-order valence-corrected chi connectivity index (χ1v) is 5.16. The molecule has 1 aromatic rings. The quantitative estimate of drug-likeness (QED) is 0.614. The smallest absolute Gasteiger partial charge is 0.00228 e. The number of rotatable bonds is 4. The minimum absolute atomic E-state index is 0.499. The molecule has 1 unspecified atom stereocenters. The van der Waals surface area contributed by atoms with E-state index in [0.29, 0.717) is 5.92 Å². The molecule has 0 saturated heterocycles. The highest BCUT2D eigenvalue weighted by Gasteiger charge is 2.07. The van der Waals surface area contributed by atoms with E-state index in [1.807, 2.05) is 6.08 Å². The van der Waals surface area contributed by atoms with Crippen molar-refractivity contribution in [2.24, 2.45) is 0 Å². The van der Waals surface area contributed by atoms with Crippen molar-refractivity contribution >= 4 is 0 Å². The normalized spacial score (nSPS) is 13.7. The zero-order valence-corrected chi connectivity index (χ0v) is 9.03. The van der Waals surface area contributed by atoms with Gasteiger partial charge in [0.15, 0.2) is 0 Å². The summed E-state index contributed by atoms with van der Waals surface area (Å²) in [5.41, 5.74) is 2.81. The monoisotopic (exact) mass is 186 g/mol. The molecule has 0 aliphatic rings. The third-order valence-corrected chi connectivity index (χ3v) is 2.60. The molecule has 0 N–H and O–H groups in total. The average molecular weight is 186 g/mol. The molecule has 1 aromatic carbocycles. The van der Waals surface area contributed by atoms with Gasteiger partial charge in [-0.3, -0.25) is 0 Å². The van der Waals surface area contributed by atoms with Crippen LogP contribution in [0.15, 0.2) is 54.6 Å². The van der Waals surface area contributed by atoms with Gasteiger partial charge in [-0.25, -0.2) is 0 Å². The van der Waals surface area contributed by atoms with Crippen molar-refractivity contribution in [3.8, 4) is 0 Å². The van der Waals surface area contributed by atoms with Gasteiger partial charge in [-0.1, -0.05) is 68.5 Å². The average Bonchev–Trinajstić information content (AvgIpc) is 2.26. The van der Waals surface area contributed by atoms with E-state index in [0.717, 1.165) is 6.42 Å². The molecule has 0 heterocycles. The summed E-state index contributed by atoms with van der Waals surface area (Å²) in [5.74, 6) is 0.499. The third-order valence-electron chi connectivity index (χ3n) is 2.60. The molecule has 0 aliphatic carbocycles. The van der Waals surface area contributed by atoms with Gasteiger partial charge in [0, 0.05) is 5.92 Å². The van der Waals surface area contributed by atoms with Crippen LogP contribution in [-0.4, -0.2) is 0 Å². The van der Waals surface area contributed by atoms with Crippen LogP contribution in [0.1, 0.15) is 31.7 Å². The standard InChI is InChI=1S/C14H18/c1-4-9-13(5-2)12(3)14-10-7-6-8-11-14/h4,6-12H,1,5H2,2-3H3/b13-9+. The lowest BCUT2D eigenvalue weighted by Crippen LogP contribution is -1.96. The van der Waals surface area contributed by atoms with E-state index in [-0.39, 0.29) is 0 Å². The maximum absolute atomic E-state index is 3.75. The summed E-state index contributed by atoms with van der Waals surface area (Å²) in [6.45, 7) is 8.18. The van der Waals surface area contributed by atoms with Gasteiger partial charge in [0.25, 0.3) is 0 Å². The second kappa shape index (κ2) is 5.43. The Morgan fingerprint density at radius 3 is 2.50 bits per heavy atom. The van der Waals surface area contributed by atoms with Crippen molar-refractivity contribution in [1.29, 1.82) is 0 Å².